The molecule has 0 aromatic carbocycles. The number of hydrogen-bond acceptors (Lipinski definition) is 5. The molecule has 3 aromatic rings. The maximum absolute atomic E-state index is 12.8. The molecule has 1 atom stereocenters. The normalized spacial score (nSPS) is 13.1. The highest BCUT2D eigenvalue weighted by Gasteiger charge is 2.37. The van der Waals surface area contributed by atoms with Crippen molar-refractivity contribution >= 4 is 11.7 Å². The van der Waals surface area contributed by atoms with Crippen LogP contribution in [0.15, 0.2) is 22.8 Å². The molecule has 144 valence electrons. The molecule has 0 bridgehead atoms. The van der Waals surface area contributed by atoms with Gasteiger partial charge in [-0.15, -0.1) is 5.10 Å². The molecule has 0 spiro atoms. The average Bonchev–Trinajstić information content (AvgIpc) is 3.23. The minimum Gasteiger partial charge on any atom is -0.467 e. The molecule has 3 aromatic heterocycles. The molecule has 0 aliphatic heterocycles. The van der Waals surface area contributed by atoms with Crippen LogP contribution in [-0.4, -0.2) is 25.5 Å². The van der Waals surface area contributed by atoms with Crippen molar-refractivity contribution in [2.24, 2.45) is 0 Å². The summed E-state index contributed by atoms with van der Waals surface area (Å²) < 4.78 is 44.8. The molecule has 0 fully saturated rings. The van der Waals surface area contributed by atoms with Gasteiger partial charge in [-0.1, -0.05) is 0 Å². The third-order valence-electron chi connectivity index (χ3n) is 4.25. The maximum atomic E-state index is 12.8. The van der Waals surface area contributed by atoms with Crippen LogP contribution in [0.1, 0.15) is 47.9 Å². The van der Waals surface area contributed by atoms with Gasteiger partial charge in [0, 0.05) is 17.8 Å². The van der Waals surface area contributed by atoms with Crippen LogP contribution in [0.3, 0.4) is 0 Å². The Morgan fingerprint density at radius 3 is 2.70 bits per heavy atom. The fourth-order valence-electron chi connectivity index (χ4n) is 2.85. The Balaban J connectivity index is 1.75. The van der Waals surface area contributed by atoms with Crippen molar-refractivity contribution in [3.8, 4) is 0 Å². The summed E-state index contributed by atoms with van der Waals surface area (Å²) >= 11 is 0. The summed E-state index contributed by atoms with van der Waals surface area (Å²) in [5.74, 6) is -0.912. The second kappa shape index (κ2) is 7.01. The summed E-state index contributed by atoms with van der Waals surface area (Å²) in [4.78, 5) is 19.7. The lowest BCUT2D eigenvalue weighted by atomic mass is 10.1. The first-order chi connectivity index (χ1) is 12.7. The van der Waals surface area contributed by atoms with Crippen molar-refractivity contribution in [3.05, 3.63) is 46.9 Å². The van der Waals surface area contributed by atoms with Crippen LogP contribution in [0.25, 0.3) is 5.78 Å². The van der Waals surface area contributed by atoms with Gasteiger partial charge in [-0.2, -0.15) is 18.2 Å². The van der Waals surface area contributed by atoms with Crippen molar-refractivity contribution in [3.63, 3.8) is 0 Å². The fraction of sp³-hybridized carbons (Fsp3) is 0.412. The highest BCUT2D eigenvalue weighted by atomic mass is 19.4. The van der Waals surface area contributed by atoms with Gasteiger partial charge in [0.1, 0.15) is 5.76 Å². The number of nitrogens with one attached hydrogen (secondary N) is 1. The highest BCUT2D eigenvalue weighted by molar-refractivity contribution is 5.76. The number of fused-ring (bicyclic) bond motifs is 1. The third kappa shape index (κ3) is 3.93. The van der Waals surface area contributed by atoms with E-state index in [9.17, 15) is 18.0 Å². The van der Waals surface area contributed by atoms with E-state index >= 15 is 0 Å². The molecule has 3 rings (SSSR count). The van der Waals surface area contributed by atoms with Crippen molar-refractivity contribution in [2.45, 2.75) is 45.8 Å². The summed E-state index contributed by atoms with van der Waals surface area (Å²) in [5, 5.41) is 6.32. The van der Waals surface area contributed by atoms with E-state index in [1.54, 1.807) is 32.9 Å². The summed E-state index contributed by atoms with van der Waals surface area (Å²) in [7, 11) is 0. The van der Waals surface area contributed by atoms with Gasteiger partial charge >= 0.3 is 6.18 Å². The van der Waals surface area contributed by atoms with Crippen LogP contribution in [-0.2, 0) is 17.4 Å². The molecule has 1 N–H and O–H groups in total. The van der Waals surface area contributed by atoms with Gasteiger partial charge < -0.3 is 9.73 Å². The minimum absolute atomic E-state index is 0.114. The van der Waals surface area contributed by atoms with E-state index in [4.69, 9.17) is 4.42 Å². The number of aromatic nitrogens is 4. The summed E-state index contributed by atoms with van der Waals surface area (Å²) in [6.45, 7) is 5.11. The topological polar surface area (TPSA) is 85.3 Å². The molecule has 0 radical (unpaired) electrons. The Labute approximate surface area is 152 Å². The Morgan fingerprint density at radius 1 is 1.33 bits per heavy atom. The van der Waals surface area contributed by atoms with E-state index in [2.05, 4.69) is 20.4 Å². The number of halogens is 3. The molecule has 0 unspecified atom stereocenters. The SMILES string of the molecule is Cc1nc2nc(C(F)(F)F)nn2c(C)c1CCC(=O)N[C@H](C)c1ccco1. The zero-order chi connectivity index (χ0) is 19.8. The number of nitrogens with zero attached hydrogens (tertiary/aromatic N) is 4. The van der Waals surface area contributed by atoms with Crippen LogP contribution in [0.2, 0.25) is 0 Å². The quantitative estimate of drug-likeness (QED) is 0.734. The molecule has 0 saturated heterocycles. The lowest BCUT2D eigenvalue weighted by Crippen LogP contribution is -2.26. The van der Waals surface area contributed by atoms with Crippen LogP contribution in [0, 0.1) is 13.8 Å². The van der Waals surface area contributed by atoms with Crippen molar-refractivity contribution in [1.29, 1.82) is 0 Å². The van der Waals surface area contributed by atoms with Gasteiger partial charge in [0.2, 0.25) is 5.91 Å². The van der Waals surface area contributed by atoms with Gasteiger partial charge in [0.25, 0.3) is 11.6 Å². The molecule has 27 heavy (non-hydrogen) atoms. The zero-order valence-electron chi connectivity index (χ0n) is 15.0. The highest BCUT2D eigenvalue weighted by Crippen LogP contribution is 2.27. The number of aryl methyl sites for hydroxylation is 2. The first kappa shape index (κ1) is 18.9. The zero-order valence-corrected chi connectivity index (χ0v) is 15.0. The number of hydrogen-bond donors (Lipinski definition) is 1. The predicted octanol–water partition coefficient (Wildman–Crippen LogP) is 3.16. The Kier molecular flexibility index (Phi) is 4.90. The van der Waals surface area contributed by atoms with Crippen molar-refractivity contribution in [2.75, 3.05) is 0 Å². The van der Waals surface area contributed by atoms with E-state index in [1.165, 1.54) is 6.26 Å². The van der Waals surface area contributed by atoms with E-state index < -0.39 is 12.0 Å². The van der Waals surface area contributed by atoms with E-state index in [0.29, 0.717) is 29.1 Å². The molecule has 0 saturated carbocycles. The fourth-order valence-corrected chi connectivity index (χ4v) is 2.85. The standard InChI is InChI=1S/C17H18F3N5O2/c1-9-12(6-7-14(26)21-10(2)13-5-4-8-27-13)11(3)25-16(22-9)23-15(24-25)17(18,19)20/h4-5,8,10H,6-7H2,1-3H3,(H,21,26)/t10-/m1/s1. The van der Waals surface area contributed by atoms with Gasteiger partial charge in [-0.25, -0.2) is 9.50 Å². The molecule has 0 aliphatic rings. The average molecular weight is 381 g/mol. The molecule has 0 aliphatic carbocycles. The largest absolute Gasteiger partial charge is 0.467 e. The summed E-state index contributed by atoms with van der Waals surface area (Å²) in [6.07, 6.45) is -2.64. The van der Waals surface area contributed by atoms with Crippen molar-refractivity contribution < 1.29 is 22.4 Å². The summed E-state index contributed by atoms with van der Waals surface area (Å²) in [6, 6.07) is 3.22. The molecule has 7 nitrogen and oxygen atoms in total. The van der Waals surface area contributed by atoms with Crippen LogP contribution in [0.4, 0.5) is 13.2 Å². The van der Waals surface area contributed by atoms with E-state index in [-0.39, 0.29) is 24.1 Å². The Hall–Kier alpha value is -2.91. The third-order valence-corrected chi connectivity index (χ3v) is 4.25. The maximum Gasteiger partial charge on any atom is 0.453 e. The van der Waals surface area contributed by atoms with Crippen LogP contribution in [0.5, 0.6) is 0 Å². The summed E-state index contributed by atoms with van der Waals surface area (Å²) in [5.41, 5.74) is 1.67. The van der Waals surface area contributed by atoms with Crippen LogP contribution < -0.4 is 5.32 Å². The Bertz CT molecular complexity index is 963. The molecule has 3 heterocycles. The van der Waals surface area contributed by atoms with Gasteiger partial charge in [-0.3, -0.25) is 4.79 Å². The first-order valence-electron chi connectivity index (χ1n) is 8.29. The van der Waals surface area contributed by atoms with Gasteiger partial charge in [0.05, 0.1) is 12.3 Å². The molecule has 10 heteroatoms. The molecular formula is C17H18F3N5O2. The second-order valence-electron chi connectivity index (χ2n) is 6.21. The number of furan rings is 1. The molecule has 1 amide bonds. The number of alkyl halides is 3. The first-order valence-corrected chi connectivity index (χ1v) is 8.29. The lowest BCUT2D eigenvalue weighted by Gasteiger charge is -2.13. The van der Waals surface area contributed by atoms with E-state index in [0.717, 1.165) is 4.52 Å². The number of carbonyl (C=O) groups excluding carboxylic acids is 1. The monoisotopic (exact) mass is 381 g/mol. The van der Waals surface area contributed by atoms with Crippen LogP contribution >= 0.6 is 0 Å². The van der Waals surface area contributed by atoms with E-state index in [1.807, 2.05) is 0 Å². The lowest BCUT2D eigenvalue weighted by molar-refractivity contribution is -0.144. The predicted molar refractivity (Wildman–Crippen MR) is 88.8 cm³/mol. The number of rotatable bonds is 5. The second-order valence-corrected chi connectivity index (χ2v) is 6.21. The van der Waals surface area contributed by atoms with Gasteiger partial charge in [0.15, 0.2) is 0 Å². The van der Waals surface area contributed by atoms with Crippen molar-refractivity contribution in [1.82, 2.24) is 24.9 Å². The number of amides is 1. The smallest absolute Gasteiger partial charge is 0.453 e. The molecular weight excluding hydrogens is 363 g/mol. The minimum atomic E-state index is -4.64. The number of carbonyl (C=O) groups is 1. The van der Waals surface area contributed by atoms with Gasteiger partial charge in [-0.05, 0) is 44.9 Å². The Morgan fingerprint density at radius 2 is 2.07 bits per heavy atom.